The Morgan fingerprint density at radius 1 is 1.29 bits per heavy atom. The number of anilines is 1. The van der Waals surface area contributed by atoms with Crippen LogP contribution in [0, 0.1) is 12.8 Å². The number of nitrogens with zero attached hydrogens (tertiary/aromatic N) is 2. The molecule has 0 aliphatic carbocycles. The molecule has 1 saturated heterocycles. The zero-order valence-electron chi connectivity index (χ0n) is 19.4. The highest BCUT2D eigenvalue weighted by Gasteiger charge is 2.35. The number of piperidine rings is 1. The number of hydrogen-bond donors (Lipinski definition) is 2. The molecule has 1 aromatic carbocycles. The topological polar surface area (TPSA) is 124 Å². The SMILES string of the molecule is CCOC(=O)C1CCCN(C(=O)C(CCn2cccc2N)NS(=O)(=O)c2c(C)cccc2Cl)C1. The number of rotatable bonds is 9. The van der Waals surface area contributed by atoms with Crippen molar-refractivity contribution in [2.75, 3.05) is 25.4 Å². The second kappa shape index (κ2) is 11.2. The molecule has 0 saturated carbocycles. The van der Waals surface area contributed by atoms with Crippen LogP contribution in [0.1, 0.15) is 31.7 Å². The minimum Gasteiger partial charge on any atom is -0.466 e. The fraction of sp³-hybridized carbons (Fsp3) is 0.478. The second-order valence-corrected chi connectivity index (χ2v) is 10.4. The van der Waals surface area contributed by atoms with Crippen molar-refractivity contribution in [2.45, 2.75) is 50.6 Å². The molecule has 34 heavy (non-hydrogen) atoms. The molecule has 2 heterocycles. The normalized spacial score (nSPS) is 17.4. The Labute approximate surface area is 205 Å². The monoisotopic (exact) mass is 510 g/mol. The maximum Gasteiger partial charge on any atom is 0.310 e. The number of hydrogen-bond acceptors (Lipinski definition) is 6. The summed E-state index contributed by atoms with van der Waals surface area (Å²) >= 11 is 6.20. The van der Waals surface area contributed by atoms with Gasteiger partial charge in [-0.25, -0.2) is 8.42 Å². The van der Waals surface area contributed by atoms with E-state index in [1.807, 2.05) is 0 Å². The summed E-state index contributed by atoms with van der Waals surface area (Å²) in [5.41, 5.74) is 6.42. The highest BCUT2D eigenvalue weighted by Crippen LogP contribution is 2.26. The fourth-order valence-corrected chi connectivity index (χ4v) is 6.24. The molecule has 1 aliphatic heterocycles. The zero-order valence-corrected chi connectivity index (χ0v) is 20.9. The van der Waals surface area contributed by atoms with Crippen molar-refractivity contribution < 1.29 is 22.7 Å². The number of carbonyl (C=O) groups is 2. The summed E-state index contributed by atoms with van der Waals surface area (Å²) in [6.45, 7) is 4.59. The Balaban J connectivity index is 1.85. The average molecular weight is 511 g/mol. The third-order valence-corrected chi connectivity index (χ3v) is 8.01. The van der Waals surface area contributed by atoms with Gasteiger partial charge in [0.2, 0.25) is 15.9 Å². The maximum atomic E-state index is 13.5. The lowest BCUT2D eigenvalue weighted by atomic mass is 9.97. The van der Waals surface area contributed by atoms with Crippen LogP contribution in [0.2, 0.25) is 5.02 Å². The number of esters is 1. The van der Waals surface area contributed by atoms with E-state index in [1.165, 1.54) is 11.0 Å². The quantitative estimate of drug-likeness (QED) is 0.500. The second-order valence-electron chi connectivity index (χ2n) is 8.35. The highest BCUT2D eigenvalue weighted by molar-refractivity contribution is 7.89. The van der Waals surface area contributed by atoms with E-state index in [9.17, 15) is 18.0 Å². The minimum absolute atomic E-state index is 0.0574. The first-order valence-electron chi connectivity index (χ1n) is 11.3. The van der Waals surface area contributed by atoms with E-state index >= 15 is 0 Å². The lowest BCUT2D eigenvalue weighted by Gasteiger charge is -2.34. The van der Waals surface area contributed by atoms with E-state index in [1.54, 1.807) is 48.9 Å². The summed E-state index contributed by atoms with van der Waals surface area (Å²) in [5, 5.41) is 0.0775. The van der Waals surface area contributed by atoms with Crippen molar-refractivity contribution in [3.05, 3.63) is 47.1 Å². The number of nitrogens with one attached hydrogen (secondary N) is 1. The summed E-state index contributed by atoms with van der Waals surface area (Å²) in [6.07, 6.45) is 3.18. The zero-order chi connectivity index (χ0) is 24.9. The molecule has 3 rings (SSSR count). The van der Waals surface area contributed by atoms with Crippen LogP contribution >= 0.6 is 11.6 Å². The standard InChI is InChI=1S/C23H31ClN4O5S/c1-3-33-23(30)17-8-5-13-28(15-17)22(29)19(11-14-27-12-6-10-20(27)25)26-34(31,32)21-16(2)7-4-9-18(21)24/h4,6-7,9-10,12,17,19,26H,3,5,8,11,13-15,25H2,1-2H3. The third-order valence-electron chi connectivity index (χ3n) is 5.90. The van der Waals surface area contributed by atoms with Crippen LogP contribution in [0.15, 0.2) is 41.4 Å². The van der Waals surface area contributed by atoms with Gasteiger partial charge < -0.3 is 19.9 Å². The van der Waals surface area contributed by atoms with Crippen molar-refractivity contribution in [1.82, 2.24) is 14.2 Å². The number of likely N-dealkylation sites (tertiary alicyclic amines) is 1. The summed E-state index contributed by atoms with van der Waals surface area (Å²) in [5.74, 6) is -0.658. The molecule has 3 N–H and O–H groups in total. The Morgan fingerprint density at radius 2 is 2.06 bits per heavy atom. The summed E-state index contributed by atoms with van der Waals surface area (Å²) < 4.78 is 36.0. The van der Waals surface area contributed by atoms with Gasteiger partial charge in [-0.1, -0.05) is 23.7 Å². The number of carbonyl (C=O) groups excluding carboxylic acids is 2. The van der Waals surface area contributed by atoms with E-state index in [2.05, 4.69) is 4.72 Å². The molecule has 0 radical (unpaired) electrons. The Kier molecular flexibility index (Phi) is 8.62. The van der Waals surface area contributed by atoms with Gasteiger partial charge in [0.05, 0.1) is 17.5 Å². The molecule has 9 nitrogen and oxygen atoms in total. The number of amides is 1. The van der Waals surface area contributed by atoms with E-state index < -0.39 is 27.9 Å². The Morgan fingerprint density at radius 3 is 2.71 bits per heavy atom. The van der Waals surface area contributed by atoms with Crippen LogP contribution in [-0.4, -0.2) is 55.5 Å². The first kappa shape index (κ1) is 26.1. The van der Waals surface area contributed by atoms with Gasteiger partial charge in [0.1, 0.15) is 16.8 Å². The first-order chi connectivity index (χ1) is 16.1. The van der Waals surface area contributed by atoms with Gasteiger partial charge in [-0.3, -0.25) is 9.59 Å². The van der Waals surface area contributed by atoms with Crippen molar-refractivity contribution in [3.8, 4) is 0 Å². The number of ether oxygens (including phenoxy) is 1. The summed E-state index contributed by atoms with van der Waals surface area (Å²) in [6, 6.07) is 7.24. The number of nitrogens with two attached hydrogens (primary N) is 1. The average Bonchev–Trinajstić information content (AvgIpc) is 3.20. The van der Waals surface area contributed by atoms with E-state index in [-0.39, 0.29) is 35.5 Å². The van der Waals surface area contributed by atoms with Crippen LogP contribution in [0.25, 0.3) is 0 Å². The molecule has 1 aliphatic rings. The van der Waals surface area contributed by atoms with Gasteiger partial charge in [-0.15, -0.1) is 0 Å². The molecule has 2 aromatic rings. The summed E-state index contributed by atoms with van der Waals surface area (Å²) in [4.78, 5) is 27.2. The van der Waals surface area contributed by atoms with Gasteiger partial charge >= 0.3 is 5.97 Å². The predicted molar refractivity (Wildman–Crippen MR) is 130 cm³/mol. The molecular formula is C23H31ClN4O5S. The lowest BCUT2D eigenvalue weighted by Crippen LogP contribution is -2.52. The molecule has 2 atom stereocenters. The molecule has 11 heteroatoms. The summed E-state index contributed by atoms with van der Waals surface area (Å²) in [7, 11) is -4.11. The number of benzene rings is 1. The van der Waals surface area contributed by atoms with Crippen LogP contribution in [0.4, 0.5) is 5.82 Å². The number of sulfonamides is 1. The molecule has 1 amide bonds. The molecule has 1 fully saturated rings. The van der Waals surface area contributed by atoms with E-state index in [0.29, 0.717) is 37.3 Å². The van der Waals surface area contributed by atoms with Crippen LogP contribution in [-0.2, 0) is 30.9 Å². The van der Waals surface area contributed by atoms with E-state index in [4.69, 9.17) is 22.1 Å². The smallest absolute Gasteiger partial charge is 0.310 e. The van der Waals surface area contributed by atoms with Crippen molar-refractivity contribution in [2.24, 2.45) is 5.92 Å². The van der Waals surface area contributed by atoms with E-state index in [0.717, 1.165) is 0 Å². The highest BCUT2D eigenvalue weighted by atomic mass is 35.5. The largest absolute Gasteiger partial charge is 0.466 e. The number of aryl methyl sites for hydroxylation is 2. The lowest BCUT2D eigenvalue weighted by molar-refractivity contribution is -0.151. The number of aromatic nitrogens is 1. The van der Waals surface area contributed by atoms with Crippen molar-refractivity contribution in [1.29, 1.82) is 0 Å². The Hall–Kier alpha value is -2.56. The minimum atomic E-state index is -4.11. The molecule has 2 unspecified atom stereocenters. The molecule has 0 bridgehead atoms. The predicted octanol–water partition coefficient (Wildman–Crippen LogP) is 2.57. The third kappa shape index (κ3) is 6.11. The number of nitrogen functional groups attached to an aromatic ring is 1. The molecule has 186 valence electrons. The van der Waals surface area contributed by atoms with Gasteiger partial charge in [-0.05, 0) is 56.9 Å². The van der Waals surface area contributed by atoms with Crippen molar-refractivity contribution >= 4 is 39.3 Å². The Bertz CT molecular complexity index is 1110. The molecule has 1 aromatic heterocycles. The molecular weight excluding hydrogens is 480 g/mol. The van der Waals surface area contributed by atoms with Gasteiger partial charge in [-0.2, -0.15) is 4.72 Å². The van der Waals surface area contributed by atoms with Gasteiger partial charge in [0.25, 0.3) is 0 Å². The van der Waals surface area contributed by atoms with Gasteiger partial charge in [0.15, 0.2) is 0 Å². The van der Waals surface area contributed by atoms with Crippen LogP contribution < -0.4 is 10.5 Å². The van der Waals surface area contributed by atoms with Crippen LogP contribution in [0.5, 0.6) is 0 Å². The number of halogens is 1. The van der Waals surface area contributed by atoms with Crippen molar-refractivity contribution in [3.63, 3.8) is 0 Å². The van der Waals surface area contributed by atoms with Crippen LogP contribution in [0.3, 0.4) is 0 Å². The first-order valence-corrected chi connectivity index (χ1v) is 13.1. The van der Waals surface area contributed by atoms with Gasteiger partial charge in [0, 0.05) is 25.8 Å². The molecule has 0 spiro atoms. The maximum absolute atomic E-state index is 13.5. The fourth-order valence-electron chi connectivity index (χ4n) is 4.19.